The van der Waals surface area contributed by atoms with Crippen molar-refractivity contribution in [2.45, 2.75) is 19.4 Å². The fraction of sp³-hybridized carbons (Fsp3) is 0.385. The van der Waals surface area contributed by atoms with Crippen LogP contribution in [-0.4, -0.2) is 24.7 Å². The summed E-state index contributed by atoms with van der Waals surface area (Å²) >= 11 is 0. The van der Waals surface area contributed by atoms with Crippen LogP contribution in [0.4, 0.5) is 0 Å². The Morgan fingerprint density at radius 1 is 1.56 bits per heavy atom. The second kappa shape index (κ2) is 7.30. The van der Waals surface area contributed by atoms with Gasteiger partial charge in [-0.05, 0) is 30.7 Å². The van der Waals surface area contributed by atoms with Crippen molar-refractivity contribution in [2.75, 3.05) is 13.7 Å². The minimum atomic E-state index is -0.781. The summed E-state index contributed by atoms with van der Waals surface area (Å²) in [4.78, 5) is 10.3. The van der Waals surface area contributed by atoms with Gasteiger partial charge in [0.1, 0.15) is 11.8 Å². The molecule has 0 saturated carbocycles. The van der Waals surface area contributed by atoms with Crippen LogP contribution in [0.3, 0.4) is 0 Å². The summed E-state index contributed by atoms with van der Waals surface area (Å²) in [7, 11) is 1.53. The Bertz CT molecular complexity index is 452. The molecule has 0 atom stereocenters. The molecule has 0 aliphatic carbocycles. The van der Waals surface area contributed by atoms with Gasteiger partial charge >= 0.3 is 5.97 Å². The number of benzene rings is 1. The van der Waals surface area contributed by atoms with Crippen LogP contribution < -0.4 is 10.1 Å². The summed E-state index contributed by atoms with van der Waals surface area (Å²) in [5.74, 6) is -0.223. The number of carbonyl (C=O) groups is 1. The zero-order valence-corrected chi connectivity index (χ0v) is 10.3. The number of ether oxygens (including phenoxy) is 1. The Hall–Kier alpha value is -2.06. The van der Waals surface area contributed by atoms with Gasteiger partial charge in [-0.2, -0.15) is 5.26 Å². The van der Waals surface area contributed by atoms with Crippen molar-refractivity contribution < 1.29 is 14.6 Å². The molecule has 0 radical (unpaired) electrons. The normalized spacial score (nSPS) is 9.78. The molecule has 0 unspecified atom stereocenters. The van der Waals surface area contributed by atoms with Gasteiger partial charge in [-0.15, -0.1) is 0 Å². The Balaban J connectivity index is 2.43. The fourth-order valence-electron chi connectivity index (χ4n) is 1.54. The van der Waals surface area contributed by atoms with Crippen molar-refractivity contribution in [3.05, 3.63) is 29.3 Å². The first kappa shape index (κ1) is 14.0. The van der Waals surface area contributed by atoms with Gasteiger partial charge in [-0.25, -0.2) is 0 Å². The number of rotatable bonds is 7. The summed E-state index contributed by atoms with van der Waals surface area (Å²) in [6, 6.07) is 7.43. The van der Waals surface area contributed by atoms with E-state index in [1.54, 1.807) is 6.07 Å². The van der Waals surface area contributed by atoms with Crippen molar-refractivity contribution >= 4 is 5.97 Å². The molecule has 0 bridgehead atoms. The second-order valence-electron chi connectivity index (χ2n) is 3.82. The third-order valence-electron chi connectivity index (χ3n) is 2.46. The third kappa shape index (κ3) is 4.44. The number of aliphatic carboxylic acids is 1. The molecule has 1 aromatic rings. The summed E-state index contributed by atoms with van der Waals surface area (Å²) in [5.41, 5.74) is 1.51. The smallest absolute Gasteiger partial charge is 0.303 e. The highest BCUT2D eigenvalue weighted by molar-refractivity contribution is 5.66. The fourth-order valence-corrected chi connectivity index (χ4v) is 1.54. The Labute approximate surface area is 106 Å². The number of nitrogens with one attached hydrogen (secondary N) is 1. The first-order valence-corrected chi connectivity index (χ1v) is 5.67. The first-order chi connectivity index (χ1) is 8.67. The van der Waals surface area contributed by atoms with Gasteiger partial charge in [0.15, 0.2) is 0 Å². The largest absolute Gasteiger partial charge is 0.495 e. The predicted octanol–water partition coefficient (Wildman–Crippen LogP) is 1.52. The van der Waals surface area contributed by atoms with Gasteiger partial charge in [0.25, 0.3) is 0 Å². The van der Waals surface area contributed by atoms with E-state index in [1.165, 1.54) is 7.11 Å². The van der Waals surface area contributed by atoms with Gasteiger partial charge in [0.05, 0.1) is 12.7 Å². The van der Waals surface area contributed by atoms with Gasteiger partial charge in [-0.1, -0.05) is 6.07 Å². The second-order valence-corrected chi connectivity index (χ2v) is 3.82. The standard InChI is InChI=1S/C13H16N2O3/c1-18-12-7-10(4-5-11(12)8-14)9-15-6-2-3-13(16)17/h4-5,7,15H,2-3,6,9H2,1H3,(H,16,17). The first-order valence-electron chi connectivity index (χ1n) is 5.67. The number of hydrogen-bond acceptors (Lipinski definition) is 4. The van der Waals surface area contributed by atoms with E-state index in [0.717, 1.165) is 5.56 Å². The molecular formula is C13H16N2O3. The lowest BCUT2D eigenvalue weighted by Crippen LogP contribution is -2.15. The lowest BCUT2D eigenvalue weighted by Gasteiger charge is -2.07. The Morgan fingerprint density at radius 3 is 2.94 bits per heavy atom. The number of nitriles is 1. The van der Waals surface area contributed by atoms with Crippen LogP contribution in [0.25, 0.3) is 0 Å². The summed E-state index contributed by atoms with van der Waals surface area (Å²) < 4.78 is 5.11. The van der Waals surface area contributed by atoms with Gasteiger partial charge in [-0.3, -0.25) is 4.79 Å². The average molecular weight is 248 g/mol. The quantitative estimate of drug-likeness (QED) is 0.715. The zero-order chi connectivity index (χ0) is 13.4. The molecule has 0 aliphatic rings. The summed E-state index contributed by atoms with van der Waals surface area (Å²) in [5, 5.41) is 20.5. The SMILES string of the molecule is COc1cc(CNCCCC(=O)O)ccc1C#N. The number of carboxylic acid groups (broad SMARTS) is 1. The average Bonchev–Trinajstić information content (AvgIpc) is 2.37. The molecule has 18 heavy (non-hydrogen) atoms. The van der Waals surface area contributed by atoms with Crippen LogP contribution in [0.5, 0.6) is 5.75 Å². The number of nitrogens with zero attached hydrogens (tertiary/aromatic N) is 1. The number of carboxylic acids is 1. The van der Waals surface area contributed by atoms with Gasteiger partial charge in [0.2, 0.25) is 0 Å². The molecule has 0 saturated heterocycles. The van der Waals surface area contributed by atoms with Crippen LogP contribution in [0.15, 0.2) is 18.2 Å². The Morgan fingerprint density at radius 2 is 2.33 bits per heavy atom. The van der Waals surface area contributed by atoms with E-state index in [-0.39, 0.29) is 6.42 Å². The Kier molecular flexibility index (Phi) is 5.68. The summed E-state index contributed by atoms with van der Waals surface area (Å²) in [6.07, 6.45) is 0.770. The lowest BCUT2D eigenvalue weighted by atomic mass is 10.1. The predicted molar refractivity (Wildman–Crippen MR) is 66.3 cm³/mol. The minimum Gasteiger partial charge on any atom is -0.495 e. The highest BCUT2D eigenvalue weighted by Gasteiger charge is 2.03. The third-order valence-corrected chi connectivity index (χ3v) is 2.46. The van der Waals surface area contributed by atoms with Crippen molar-refractivity contribution in [1.29, 1.82) is 5.26 Å². The molecule has 5 heteroatoms. The van der Waals surface area contributed by atoms with Crippen LogP contribution in [-0.2, 0) is 11.3 Å². The maximum Gasteiger partial charge on any atom is 0.303 e. The molecule has 5 nitrogen and oxygen atoms in total. The topological polar surface area (TPSA) is 82.3 Å². The van der Waals surface area contributed by atoms with Crippen molar-refractivity contribution in [2.24, 2.45) is 0 Å². The van der Waals surface area contributed by atoms with E-state index in [2.05, 4.69) is 11.4 Å². The van der Waals surface area contributed by atoms with E-state index in [0.29, 0.717) is 30.8 Å². The van der Waals surface area contributed by atoms with Gasteiger partial charge < -0.3 is 15.2 Å². The molecule has 0 spiro atoms. The maximum absolute atomic E-state index is 10.3. The van der Waals surface area contributed by atoms with E-state index >= 15 is 0 Å². The molecule has 0 heterocycles. The highest BCUT2D eigenvalue weighted by Crippen LogP contribution is 2.18. The molecule has 0 amide bonds. The van der Waals surface area contributed by atoms with Crippen LogP contribution >= 0.6 is 0 Å². The molecule has 0 aromatic heterocycles. The van der Waals surface area contributed by atoms with Crippen LogP contribution in [0.2, 0.25) is 0 Å². The van der Waals surface area contributed by atoms with Gasteiger partial charge in [0, 0.05) is 13.0 Å². The number of methoxy groups -OCH3 is 1. The monoisotopic (exact) mass is 248 g/mol. The van der Waals surface area contributed by atoms with Crippen LogP contribution in [0, 0.1) is 11.3 Å². The molecule has 1 rings (SSSR count). The molecule has 2 N–H and O–H groups in total. The molecule has 0 aliphatic heterocycles. The highest BCUT2D eigenvalue weighted by atomic mass is 16.5. The number of hydrogen-bond donors (Lipinski definition) is 2. The minimum absolute atomic E-state index is 0.170. The molecule has 96 valence electrons. The molecule has 0 fully saturated rings. The van der Waals surface area contributed by atoms with Crippen molar-refractivity contribution in [3.8, 4) is 11.8 Å². The molecule has 1 aromatic carbocycles. The zero-order valence-electron chi connectivity index (χ0n) is 10.3. The lowest BCUT2D eigenvalue weighted by molar-refractivity contribution is -0.137. The van der Waals surface area contributed by atoms with Crippen molar-refractivity contribution in [1.82, 2.24) is 5.32 Å². The van der Waals surface area contributed by atoms with Crippen molar-refractivity contribution in [3.63, 3.8) is 0 Å². The maximum atomic E-state index is 10.3. The summed E-state index contributed by atoms with van der Waals surface area (Å²) in [6.45, 7) is 1.27. The van der Waals surface area contributed by atoms with Crippen LogP contribution in [0.1, 0.15) is 24.0 Å². The van der Waals surface area contributed by atoms with E-state index in [1.807, 2.05) is 12.1 Å². The molecular weight excluding hydrogens is 232 g/mol. The van der Waals surface area contributed by atoms with E-state index in [9.17, 15) is 4.79 Å². The van der Waals surface area contributed by atoms with E-state index in [4.69, 9.17) is 15.1 Å². The van der Waals surface area contributed by atoms with E-state index < -0.39 is 5.97 Å².